The summed E-state index contributed by atoms with van der Waals surface area (Å²) in [5.41, 5.74) is 2.22. The normalized spacial score (nSPS) is 12.1. The Morgan fingerprint density at radius 2 is 1.61 bits per heavy atom. The first-order valence-corrected chi connectivity index (χ1v) is 13.1. The monoisotopic (exact) mass is 510 g/mol. The molecule has 3 rings (SSSR count). The number of hydrogen-bond acceptors (Lipinski definition) is 6. The van der Waals surface area contributed by atoms with Crippen molar-refractivity contribution < 1.29 is 22.7 Å². The van der Waals surface area contributed by atoms with E-state index in [0.29, 0.717) is 11.3 Å². The van der Waals surface area contributed by atoms with Crippen molar-refractivity contribution in [2.75, 3.05) is 27.0 Å². The fourth-order valence-corrected chi connectivity index (χ4v) is 3.89. The lowest BCUT2D eigenvalue weighted by molar-refractivity contribution is -0.141. The number of aromatic nitrogens is 1. The molecule has 1 atom stereocenters. The second-order valence-corrected chi connectivity index (χ2v) is 10.4. The number of carbonyl (C=O) groups is 2. The molecule has 2 amide bonds. The van der Waals surface area contributed by atoms with Crippen LogP contribution < -0.4 is 10.1 Å². The zero-order valence-corrected chi connectivity index (χ0v) is 21.3. The van der Waals surface area contributed by atoms with Crippen molar-refractivity contribution in [1.29, 1.82) is 0 Å². The van der Waals surface area contributed by atoms with Crippen molar-refractivity contribution in [3.05, 3.63) is 95.8 Å². The van der Waals surface area contributed by atoms with Gasteiger partial charge in [-0.1, -0.05) is 42.5 Å². The number of sulfonamides is 1. The zero-order chi connectivity index (χ0) is 26.1. The van der Waals surface area contributed by atoms with E-state index in [-0.39, 0.29) is 19.0 Å². The van der Waals surface area contributed by atoms with E-state index in [2.05, 4.69) is 10.3 Å². The number of nitrogens with one attached hydrogen (secondary N) is 1. The van der Waals surface area contributed by atoms with Gasteiger partial charge in [-0.2, -0.15) is 4.31 Å². The van der Waals surface area contributed by atoms with Crippen molar-refractivity contribution in [3.63, 3.8) is 0 Å². The van der Waals surface area contributed by atoms with Gasteiger partial charge in [-0.3, -0.25) is 14.6 Å². The number of hydrogen-bond donors (Lipinski definition) is 1. The minimum Gasteiger partial charge on any atom is -0.497 e. The lowest BCUT2D eigenvalue weighted by Gasteiger charge is -2.32. The summed E-state index contributed by atoms with van der Waals surface area (Å²) >= 11 is 0. The Morgan fingerprint density at radius 3 is 2.19 bits per heavy atom. The number of methoxy groups -OCH3 is 1. The Labute approximate surface area is 211 Å². The maximum absolute atomic E-state index is 13.6. The molecule has 36 heavy (non-hydrogen) atoms. The summed E-state index contributed by atoms with van der Waals surface area (Å²) in [4.78, 5) is 32.5. The first kappa shape index (κ1) is 26.8. The highest BCUT2D eigenvalue weighted by molar-refractivity contribution is 7.88. The van der Waals surface area contributed by atoms with Crippen LogP contribution in [0.5, 0.6) is 5.75 Å². The van der Waals surface area contributed by atoms with Crippen LogP contribution in [0, 0.1) is 0 Å². The van der Waals surface area contributed by atoms with Gasteiger partial charge in [0.05, 0.1) is 19.9 Å². The van der Waals surface area contributed by atoms with Gasteiger partial charge in [0.25, 0.3) is 0 Å². The Hall–Kier alpha value is -3.76. The van der Waals surface area contributed by atoms with E-state index in [0.717, 1.165) is 21.7 Å². The topological polar surface area (TPSA) is 109 Å². The third-order valence-electron chi connectivity index (χ3n) is 5.65. The standard InChI is InChI=1S/C26H30N4O5S/c1-29(36(3,33)34)19-24(31)30(18-21-9-11-23(35-2)12-10-21)25(22-7-5-4-6-8-22)26(32)28-17-20-13-15-27-16-14-20/h4-16,25H,17-19H2,1-3H3,(H,28,32)/t25-/m1/s1. The molecule has 0 radical (unpaired) electrons. The summed E-state index contributed by atoms with van der Waals surface area (Å²) < 4.78 is 30.2. The number of ether oxygens (including phenoxy) is 1. The number of pyridine rings is 1. The van der Waals surface area contributed by atoms with Gasteiger partial charge in [-0.25, -0.2) is 8.42 Å². The maximum atomic E-state index is 13.6. The molecular weight excluding hydrogens is 480 g/mol. The van der Waals surface area contributed by atoms with E-state index in [1.54, 1.807) is 80.2 Å². The smallest absolute Gasteiger partial charge is 0.247 e. The van der Waals surface area contributed by atoms with Crippen LogP contribution in [0.4, 0.5) is 0 Å². The average molecular weight is 511 g/mol. The van der Waals surface area contributed by atoms with Crippen molar-refractivity contribution in [3.8, 4) is 5.75 Å². The van der Waals surface area contributed by atoms with Crippen LogP contribution in [0.1, 0.15) is 22.7 Å². The molecule has 1 aromatic heterocycles. The summed E-state index contributed by atoms with van der Waals surface area (Å²) in [6, 6.07) is 18.7. The van der Waals surface area contributed by atoms with E-state index in [9.17, 15) is 18.0 Å². The predicted octanol–water partition coefficient (Wildman–Crippen LogP) is 2.37. The second kappa shape index (κ2) is 12.3. The Bertz CT molecular complexity index is 1250. The van der Waals surface area contributed by atoms with Crippen LogP contribution in [0.2, 0.25) is 0 Å². The third kappa shape index (κ3) is 7.37. The van der Waals surface area contributed by atoms with E-state index >= 15 is 0 Å². The van der Waals surface area contributed by atoms with Crippen LogP contribution in [-0.4, -0.2) is 61.4 Å². The van der Waals surface area contributed by atoms with Crippen LogP contribution in [0.15, 0.2) is 79.1 Å². The highest BCUT2D eigenvalue weighted by Gasteiger charge is 2.32. The number of rotatable bonds is 11. The van der Waals surface area contributed by atoms with Crippen LogP contribution in [0.25, 0.3) is 0 Å². The molecule has 0 bridgehead atoms. The van der Waals surface area contributed by atoms with Crippen LogP contribution in [0.3, 0.4) is 0 Å². The van der Waals surface area contributed by atoms with Gasteiger partial charge in [0, 0.05) is 32.5 Å². The van der Waals surface area contributed by atoms with E-state index in [1.807, 2.05) is 6.07 Å². The minimum atomic E-state index is -3.61. The molecule has 9 nitrogen and oxygen atoms in total. The summed E-state index contributed by atoms with van der Waals surface area (Å²) in [6.07, 6.45) is 4.30. The first-order chi connectivity index (χ1) is 17.2. The van der Waals surface area contributed by atoms with Crippen molar-refractivity contribution in [2.45, 2.75) is 19.1 Å². The van der Waals surface area contributed by atoms with Crippen molar-refractivity contribution >= 4 is 21.8 Å². The molecule has 190 valence electrons. The first-order valence-electron chi connectivity index (χ1n) is 11.2. The van der Waals surface area contributed by atoms with Crippen LogP contribution >= 0.6 is 0 Å². The van der Waals surface area contributed by atoms with E-state index < -0.39 is 28.5 Å². The van der Waals surface area contributed by atoms with Gasteiger partial charge < -0.3 is 15.0 Å². The van der Waals surface area contributed by atoms with Gasteiger partial charge in [-0.05, 0) is 41.0 Å². The van der Waals surface area contributed by atoms with E-state index in [1.165, 1.54) is 11.9 Å². The minimum absolute atomic E-state index is 0.0860. The average Bonchev–Trinajstić information content (AvgIpc) is 2.88. The number of benzene rings is 2. The summed E-state index contributed by atoms with van der Waals surface area (Å²) in [7, 11) is -0.714. The van der Waals surface area contributed by atoms with Gasteiger partial charge in [0.1, 0.15) is 11.8 Å². The highest BCUT2D eigenvalue weighted by atomic mass is 32.2. The predicted molar refractivity (Wildman–Crippen MR) is 136 cm³/mol. The maximum Gasteiger partial charge on any atom is 0.247 e. The molecule has 0 saturated heterocycles. The molecule has 1 heterocycles. The van der Waals surface area contributed by atoms with Crippen LogP contribution in [-0.2, 0) is 32.7 Å². The number of nitrogens with zero attached hydrogens (tertiary/aromatic N) is 3. The SMILES string of the molecule is COc1ccc(CN(C(=O)CN(C)S(C)(=O)=O)[C@@H](C(=O)NCc2ccncc2)c2ccccc2)cc1. The molecule has 2 aromatic carbocycles. The zero-order valence-electron chi connectivity index (χ0n) is 20.5. The Morgan fingerprint density at radius 1 is 0.972 bits per heavy atom. The number of likely N-dealkylation sites (N-methyl/N-ethyl adjacent to an activating group) is 1. The molecule has 0 saturated carbocycles. The summed E-state index contributed by atoms with van der Waals surface area (Å²) in [5, 5.41) is 2.91. The van der Waals surface area contributed by atoms with Crippen molar-refractivity contribution in [2.24, 2.45) is 0 Å². The second-order valence-electron chi connectivity index (χ2n) is 8.28. The fourth-order valence-electron chi connectivity index (χ4n) is 3.54. The molecular formula is C26H30N4O5S. The van der Waals surface area contributed by atoms with Gasteiger partial charge in [0.15, 0.2) is 0 Å². The largest absolute Gasteiger partial charge is 0.497 e. The Balaban J connectivity index is 1.97. The lowest BCUT2D eigenvalue weighted by Crippen LogP contribution is -2.47. The molecule has 0 aliphatic carbocycles. The lowest BCUT2D eigenvalue weighted by atomic mass is 10.0. The van der Waals surface area contributed by atoms with Crippen molar-refractivity contribution in [1.82, 2.24) is 19.5 Å². The Kier molecular flexibility index (Phi) is 9.15. The summed E-state index contributed by atoms with van der Waals surface area (Å²) in [5.74, 6) is -0.239. The quantitative estimate of drug-likeness (QED) is 0.424. The fraction of sp³-hybridized carbons (Fsp3) is 0.269. The van der Waals surface area contributed by atoms with Gasteiger partial charge >= 0.3 is 0 Å². The van der Waals surface area contributed by atoms with E-state index in [4.69, 9.17) is 4.74 Å². The number of amides is 2. The summed E-state index contributed by atoms with van der Waals surface area (Å²) in [6.45, 7) is -0.0723. The third-order valence-corrected chi connectivity index (χ3v) is 6.91. The molecule has 0 aliphatic heterocycles. The molecule has 0 aliphatic rings. The van der Waals surface area contributed by atoms with Gasteiger partial charge in [-0.15, -0.1) is 0 Å². The molecule has 1 N–H and O–H groups in total. The molecule has 10 heteroatoms. The van der Waals surface area contributed by atoms with Gasteiger partial charge in [0.2, 0.25) is 21.8 Å². The molecule has 0 spiro atoms. The number of carbonyl (C=O) groups excluding carboxylic acids is 2. The molecule has 0 fully saturated rings. The highest BCUT2D eigenvalue weighted by Crippen LogP contribution is 2.25. The molecule has 0 unspecified atom stereocenters. The molecule has 3 aromatic rings.